The summed E-state index contributed by atoms with van der Waals surface area (Å²) in [7, 11) is -3.70. The molecule has 5 nitrogen and oxygen atoms in total. The van der Waals surface area contributed by atoms with Crippen LogP contribution in [-0.2, 0) is 10.0 Å². The third-order valence-corrected chi connectivity index (χ3v) is 5.30. The van der Waals surface area contributed by atoms with Gasteiger partial charge in [-0.05, 0) is 25.8 Å². The van der Waals surface area contributed by atoms with Gasteiger partial charge in [-0.25, -0.2) is 13.6 Å². The molecule has 1 aliphatic rings. The number of carbonyl (C=O) groups is 1. The van der Waals surface area contributed by atoms with Crippen LogP contribution in [0.25, 0.3) is 0 Å². The van der Waals surface area contributed by atoms with Crippen LogP contribution in [0.5, 0.6) is 0 Å². The summed E-state index contributed by atoms with van der Waals surface area (Å²) in [6.45, 7) is 2.73. The number of amides is 1. The molecule has 2 heterocycles. The molecule has 1 fully saturated rings. The topological polar surface area (TPSA) is 80.5 Å². The minimum Gasteiger partial charge on any atom is -0.336 e. The maximum absolute atomic E-state index is 12.1. The average Bonchev–Trinajstić information content (AvgIpc) is 2.83. The lowest BCUT2D eigenvalue weighted by Crippen LogP contribution is -2.33. The second-order valence-corrected chi connectivity index (χ2v) is 6.89. The molecule has 1 unspecified atom stereocenters. The molecule has 1 saturated heterocycles. The Bertz CT molecular complexity index is 536. The molecule has 0 spiro atoms. The molecule has 1 atom stereocenters. The minimum atomic E-state index is -3.70. The Hall–Kier alpha value is -0.920. The van der Waals surface area contributed by atoms with Crippen LogP contribution in [0.1, 0.15) is 30.1 Å². The second-order valence-electron chi connectivity index (χ2n) is 4.19. The molecule has 94 valence electrons. The van der Waals surface area contributed by atoms with E-state index in [1.807, 2.05) is 6.92 Å². The van der Waals surface area contributed by atoms with Crippen molar-refractivity contribution < 1.29 is 13.2 Å². The molecule has 1 aliphatic heterocycles. The zero-order valence-corrected chi connectivity index (χ0v) is 11.1. The quantitative estimate of drug-likeness (QED) is 0.874. The highest BCUT2D eigenvalue weighted by Crippen LogP contribution is 2.24. The fraction of sp³-hybridized carbons (Fsp3) is 0.500. The molecule has 0 saturated carbocycles. The Labute approximate surface area is 104 Å². The second kappa shape index (κ2) is 4.40. The maximum atomic E-state index is 12.1. The number of hydrogen-bond donors (Lipinski definition) is 1. The Morgan fingerprint density at radius 1 is 1.59 bits per heavy atom. The van der Waals surface area contributed by atoms with Crippen molar-refractivity contribution >= 4 is 27.3 Å². The zero-order valence-electron chi connectivity index (χ0n) is 9.42. The van der Waals surface area contributed by atoms with E-state index in [4.69, 9.17) is 5.14 Å². The fourth-order valence-corrected chi connectivity index (χ4v) is 3.56. The first-order valence-electron chi connectivity index (χ1n) is 5.32. The van der Waals surface area contributed by atoms with Crippen LogP contribution < -0.4 is 5.14 Å². The van der Waals surface area contributed by atoms with Crippen molar-refractivity contribution in [3.05, 3.63) is 17.0 Å². The highest BCUT2D eigenvalue weighted by atomic mass is 32.2. The van der Waals surface area contributed by atoms with Gasteiger partial charge in [-0.2, -0.15) is 0 Å². The lowest BCUT2D eigenvalue weighted by molar-refractivity contribution is 0.0748. The van der Waals surface area contributed by atoms with E-state index in [0.717, 1.165) is 30.7 Å². The summed E-state index contributed by atoms with van der Waals surface area (Å²) in [5.74, 6) is -0.110. The van der Waals surface area contributed by atoms with Crippen molar-refractivity contribution in [3.8, 4) is 0 Å². The highest BCUT2D eigenvalue weighted by molar-refractivity contribution is 7.91. The first-order valence-corrected chi connectivity index (χ1v) is 7.74. The van der Waals surface area contributed by atoms with E-state index < -0.39 is 10.0 Å². The smallest absolute Gasteiger partial charge is 0.254 e. The fourth-order valence-electron chi connectivity index (χ4n) is 1.98. The van der Waals surface area contributed by atoms with E-state index in [1.54, 1.807) is 10.3 Å². The third kappa shape index (κ3) is 2.51. The number of likely N-dealkylation sites (tertiary alicyclic amines) is 1. The van der Waals surface area contributed by atoms with E-state index in [-0.39, 0.29) is 16.2 Å². The lowest BCUT2D eigenvalue weighted by Gasteiger charge is -2.20. The van der Waals surface area contributed by atoms with Gasteiger partial charge in [0.25, 0.3) is 5.91 Å². The molecule has 1 aromatic rings. The molecular formula is C10H14N2O3S2. The van der Waals surface area contributed by atoms with Gasteiger partial charge in [0.1, 0.15) is 4.21 Å². The average molecular weight is 274 g/mol. The molecule has 2 rings (SSSR count). The molecule has 0 bridgehead atoms. The summed E-state index contributed by atoms with van der Waals surface area (Å²) in [5.41, 5.74) is 0.410. The van der Waals surface area contributed by atoms with Crippen LogP contribution in [0.2, 0.25) is 0 Å². The van der Waals surface area contributed by atoms with Crippen molar-refractivity contribution in [1.29, 1.82) is 0 Å². The Balaban J connectivity index is 2.23. The van der Waals surface area contributed by atoms with Crippen molar-refractivity contribution in [2.24, 2.45) is 5.14 Å². The number of nitrogens with two attached hydrogens (primary N) is 1. The summed E-state index contributed by atoms with van der Waals surface area (Å²) in [6, 6.07) is 1.58. The maximum Gasteiger partial charge on any atom is 0.254 e. The number of thiophene rings is 1. The normalized spacial score (nSPS) is 20.8. The van der Waals surface area contributed by atoms with Gasteiger partial charge in [0.15, 0.2) is 0 Å². The monoisotopic (exact) mass is 274 g/mol. The van der Waals surface area contributed by atoms with E-state index in [1.165, 1.54) is 6.07 Å². The lowest BCUT2D eigenvalue weighted by atomic mass is 10.2. The Morgan fingerprint density at radius 2 is 2.29 bits per heavy atom. The van der Waals surface area contributed by atoms with Gasteiger partial charge >= 0.3 is 0 Å². The van der Waals surface area contributed by atoms with Crippen molar-refractivity contribution in [2.75, 3.05) is 6.54 Å². The third-order valence-electron chi connectivity index (χ3n) is 2.92. The van der Waals surface area contributed by atoms with Gasteiger partial charge in [-0.3, -0.25) is 4.79 Å². The number of primary sulfonamides is 1. The molecule has 1 aromatic heterocycles. The number of sulfonamides is 1. The number of hydrogen-bond acceptors (Lipinski definition) is 4. The first kappa shape index (κ1) is 12.5. The largest absolute Gasteiger partial charge is 0.336 e. The molecule has 0 aliphatic carbocycles. The van der Waals surface area contributed by atoms with Gasteiger partial charge in [-0.15, -0.1) is 11.3 Å². The van der Waals surface area contributed by atoms with Crippen LogP contribution in [-0.4, -0.2) is 31.8 Å². The van der Waals surface area contributed by atoms with Crippen LogP contribution in [0.3, 0.4) is 0 Å². The molecule has 7 heteroatoms. The van der Waals surface area contributed by atoms with E-state index in [2.05, 4.69) is 0 Å². The van der Waals surface area contributed by atoms with Gasteiger partial charge in [0, 0.05) is 18.0 Å². The van der Waals surface area contributed by atoms with E-state index in [9.17, 15) is 13.2 Å². The summed E-state index contributed by atoms with van der Waals surface area (Å²) >= 11 is 0.984. The Morgan fingerprint density at radius 3 is 2.76 bits per heavy atom. The standard InChI is InChI=1S/C10H14N2O3S2/c1-7-3-2-4-12(7)10(13)8-5-9(16-6-8)17(11,14)15/h5-7H,2-4H2,1H3,(H2,11,14,15). The predicted molar refractivity (Wildman–Crippen MR) is 65.4 cm³/mol. The van der Waals surface area contributed by atoms with E-state index in [0.29, 0.717) is 5.56 Å². The van der Waals surface area contributed by atoms with Crippen LogP contribution in [0.4, 0.5) is 0 Å². The van der Waals surface area contributed by atoms with E-state index >= 15 is 0 Å². The predicted octanol–water partition coefficient (Wildman–Crippen LogP) is 1.02. The summed E-state index contributed by atoms with van der Waals surface area (Å²) in [5, 5.41) is 6.56. The van der Waals surface area contributed by atoms with Gasteiger partial charge in [0.2, 0.25) is 10.0 Å². The van der Waals surface area contributed by atoms with Crippen LogP contribution in [0, 0.1) is 0 Å². The van der Waals surface area contributed by atoms with Crippen LogP contribution >= 0.6 is 11.3 Å². The van der Waals surface area contributed by atoms with Crippen molar-refractivity contribution in [3.63, 3.8) is 0 Å². The molecule has 0 aromatic carbocycles. The highest BCUT2D eigenvalue weighted by Gasteiger charge is 2.27. The SMILES string of the molecule is CC1CCCN1C(=O)c1csc(S(N)(=O)=O)c1. The van der Waals surface area contributed by atoms with Gasteiger partial charge in [-0.1, -0.05) is 0 Å². The van der Waals surface area contributed by atoms with Gasteiger partial charge < -0.3 is 4.90 Å². The summed E-state index contributed by atoms with van der Waals surface area (Å²) in [6.07, 6.45) is 2.00. The number of rotatable bonds is 2. The molecule has 2 N–H and O–H groups in total. The molecule has 0 radical (unpaired) electrons. The Kier molecular flexibility index (Phi) is 3.24. The zero-order chi connectivity index (χ0) is 12.6. The first-order chi connectivity index (χ1) is 7.89. The summed E-state index contributed by atoms with van der Waals surface area (Å²) in [4.78, 5) is 13.9. The number of carbonyl (C=O) groups excluding carboxylic acids is 1. The molecular weight excluding hydrogens is 260 g/mol. The van der Waals surface area contributed by atoms with Gasteiger partial charge in [0.05, 0.1) is 5.56 Å². The number of nitrogens with zero attached hydrogens (tertiary/aromatic N) is 1. The van der Waals surface area contributed by atoms with Crippen molar-refractivity contribution in [2.45, 2.75) is 30.0 Å². The molecule has 17 heavy (non-hydrogen) atoms. The van der Waals surface area contributed by atoms with Crippen molar-refractivity contribution in [1.82, 2.24) is 4.90 Å². The minimum absolute atomic E-state index is 0.0349. The van der Waals surface area contributed by atoms with Crippen LogP contribution in [0.15, 0.2) is 15.7 Å². The summed E-state index contributed by atoms with van der Waals surface area (Å²) < 4.78 is 22.3. The molecule has 1 amide bonds.